The maximum atomic E-state index is 12.3. The number of phenols is 3. The van der Waals surface area contributed by atoms with Crippen LogP contribution in [0.5, 0.6) is 28.7 Å². The van der Waals surface area contributed by atoms with Crippen molar-refractivity contribution in [3.63, 3.8) is 0 Å². The molecular formula is C47H74N2O19S. The highest BCUT2D eigenvalue weighted by Crippen LogP contribution is 2.33. The summed E-state index contributed by atoms with van der Waals surface area (Å²) in [5.74, 6) is -1.83. The number of rotatable bonds is 19. The van der Waals surface area contributed by atoms with Gasteiger partial charge in [-0.1, -0.05) is 14.9 Å². The van der Waals surface area contributed by atoms with Gasteiger partial charge in [0.05, 0.1) is 52.5 Å². The van der Waals surface area contributed by atoms with Gasteiger partial charge in [-0.15, -0.1) is 0 Å². The molecule has 22 heteroatoms. The van der Waals surface area contributed by atoms with E-state index >= 15 is 0 Å². The maximum absolute atomic E-state index is 12.3. The molecule has 0 saturated carbocycles. The Kier molecular flexibility index (Phi) is 31.2. The van der Waals surface area contributed by atoms with Gasteiger partial charge in [-0.25, -0.2) is 4.79 Å². The van der Waals surface area contributed by atoms with Crippen LogP contribution in [0.2, 0.25) is 0 Å². The van der Waals surface area contributed by atoms with Crippen molar-refractivity contribution in [1.82, 2.24) is 9.80 Å². The largest absolute Gasteiger partial charge is 0.508 e. The van der Waals surface area contributed by atoms with Crippen molar-refractivity contribution in [2.75, 3.05) is 105 Å². The molecule has 1 unspecified atom stereocenters. The summed E-state index contributed by atoms with van der Waals surface area (Å²) in [5, 5.41) is 29.6. The van der Waals surface area contributed by atoms with Crippen molar-refractivity contribution in [3.8, 4) is 28.7 Å². The van der Waals surface area contributed by atoms with Crippen molar-refractivity contribution >= 4 is 44.8 Å². The molecule has 0 aliphatic carbocycles. The maximum Gasteiger partial charge on any atom is 0.339 e. The van der Waals surface area contributed by atoms with E-state index < -0.39 is 33.6 Å². The minimum atomic E-state index is -3.67. The molecule has 3 heterocycles. The van der Waals surface area contributed by atoms with Crippen LogP contribution >= 0.6 is 0 Å². The second kappa shape index (κ2) is 33.9. The molecule has 21 nitrogen and oxygen atoms in total. The van der Waals surface area contributed by atoms with Crippen LogP contribution in [0.1, 0.15) is 72.9 Å². The molecule has 3 aromatic rings. The van der Waals surface area contributed by atoms with Gasteiger partial charge < -0.3 is 52.9 Å². The van der Waals surface area contributed by atoms with Gasteiger partial charge in [0, 0.05) is 75.2 Å². The molecule has 2 fully saturated rings. The molecule has 0 radical (unpaired) electrons. The fraction of sp³-hybridized carbons (Fsp3) is 0.596. The Morgan fingerprint density at radius 2 is 1.22 bits per heavy atom. The quantitative estimate of drug-likeness (QED) is 0.0416. The highest BCUT2D eigenvalue weighted by Gasteiger charge is 2.25. The highest BCUT2D eigenvalue weighted by atomic mass is 32.2. The van der Waals surface area contributed by atoms with E-state index in [1.807, 2.05) is 0 Å². The van der Waals surface area contributed by atoms with E-state index in [2.05, 4.69) is 9.80 Å². The first-order valence-corrected chi connectivity index (χ1v) is 23.7. The van der Waals surface area contributed by atoms with E-state index in [-0.39, 0.29) is 81.7 Å². The van der Waals surface area contributed by atoms with E-state index in [1.54, 1.807) is 39.8 Å². The molecule has 2 aromatic carbocycles. The molecule has 69 heavy (non-hydrogen) atoms. The van der Waals surface area contributed by atoms with Crippen LogP contribution in [0.25, 0.3) is 11.0 Å². The molecule has 392 valence electrons. The zero-order valence-electron chi connectivity index (χ0n) is 39.1. The number of Topliss-reactive ketones (excluding diaryl/α,β-unsaturated/α-hetero) is 1. The van der Waals surface area contributed by atoms with Crippen molar-refractivity contribution < 1.29 is 85.0 Å². The number of ketones is 1. The van der Waals surface area contributed by atoms with Crippen molar-refractivity contribution in [1.29, 1.82) is 0 Å². The molecule has 5 rings (SSSR count). The van der Waals surface area contributed by atoms with Gasteiger partial charge in [-0.3, -0.25) is 33.5 Å². The third-order valence-corrected chi connectivity index (χ3v) is 9.74. The predicted molar refractivity (Wildman–Crippen MR) is 257 cm³/mol. The first kappa shape index (κ1) is 63.5. The molecular weight excluding hydrogens is 929 g/mol. The average Bonchev–Trinajstić information content (AvgIpc) is 3.26. The zero-order valence-corrected chi connectivity index (χ0v) is 39.9. The minimum Gasteiger partial charge on any atom is -0.508 e. The van der Waals surface area contributed by atoms with E-state index in [1.165, 1.54) is 25.1 Å². The number of benzene rings is 2. The number of aryl methyl sites for hydroxylation is 1. The van der Waals surface area contributed by atoms with Gasteiger partial charge >= 0.3 is 23.5 Å². The summed E-state index contributed by atoms with van der Waals surface area (Å²) in [4.78, 5) is 62.0. The third-order valence-electron chi connectivity index (χ3n) is 9.74. The first-order valence-electron chi connectivity index (χ1n) is 21.9. The Hall–Kier alpha value is -5.52. The van der Waals surface area contributed by atoms with Crippen LogP contribution in [-0.4, -0.2) is 167 Å². The number of carbonyl (C=O) groups is 4. The lowest BCUT2D eigenvalue weighted by atomic mass is 9.99. The number of ether oxygens (including phenoxy) is 7. The third kappa shape index (κ3) is 25.6. The number of hydrogen-bond acceptors (Lipinski definition) is 20. The van der Waals surface area contributed by atoms with E-state index in [0.29, 0.717) is 73.9 Å². The summed E-state index contributed by atoms with van der Waals surface area (Å²) >= 11 is 0. The summed E-state index contributed by atoms with van der Waals surface area (Å²) in [6, 6.07) is 7.39. The molecule has 1 atom stereocenters. The Labute approximate surface area is 405 Å². The molecule has 2 saturated heterocycles. The lowest BCUT2D eigenvalue weighted by Gasteiger charge is -2.26. The summed E-state index contributed by atoms with van der Waals surface area (Å²) in [6.07, 6.45) is 1.25. The lowest BCUT2D eigenvalue weighted by Crippen LogP contribution is -2.38. The molecule has 0 bridgehead atoms. The van der Waals surface area contributed by atoms with Crippen LogP contribution in [0.3, 0.4) is 0 Å². The Morgan fingerprint density at radius 3 is 1.70 bits per heavy atom. The van der Waals surface area contributed by atoms with Crippen molar-refractivity contribution in [2.45, 2.75) is 75.2 Å². The number of hydrogen-bond donors (Lipinski definition) is 4. The van der Waals surface area contributed by atoms with Gasteiger partial charge in [-0.05, 0) is 71.2 Å². The number of carbonyl (C=O) groups excluding carboxylic acids is 4. The second-order valence-electron chi connectivity index (χ2n) is 14.9. The standard InChI is InChI=1S/C21H27NO7.C12H17NO4.C11H18O5.CH4O3S.2CH4/c1-3-27-20(24)5-4-15-14(2)16-12-19(17(23)13-18(16)29-21(15)25)28-11-8-22-6-9-26-10-7-22;14-10-1-2-12(11(15)9-10)17-8-5-13-3-6-16-7-4-13;1-4-15-10(13)7-6-9(8(3)12)11(14)16-5-2;1-5(2,3)4;;/h12-13,23H,3-11H2,1-2H3;1-2,9,14-15H,3-8H2;9H,4-7H2,1-3H3;1H3,(H,2,3,4);2*1H4. The molecule has 1 aromatic heterocycles. The molecule has 0 amide bonds. The second-order valence-corrected chi connectivity index (χ2v) is 16.3. The van der Waals surface area contributed by atoms with E-state index in [4.69, 9.17) is 47.2 Å². The molecule has 4 N–H and O–H groups in total. The molecule has 2 aliphatic heterocycles. The topological polar surface area (TPSA) is 285 Å². The van der Waals surface area contributed by atoms with E-state index in [9.17, 15) is 42.6 Å². The number of morpholine rings is 2. The number of nitrogens with zero attached hydrogens (tertiary/aromatic N) is 2. The van der Waals surface area contributed by atoms with Crippen LogP contribution in [0.15, 0.2) is 39.5 Å². The Balaban J connectivity index is 0.000000997. The van der Waals surface area contributed by atoms with Gasteiger partial charge in [0.1, 0.15) is 36.2 Å². The fourth-order valence-corrected chi connectivity index (χ4v) is 6.34. The summed E-state index contributed by atoms with van der Waals surface area (Å²) in [6.45, 7) is 18.0. The van der Waals surface area contributed by atoms with Crippen molar-refractivity contribution in [2.24, 2.45) is 5.92 Å². The van der Waals surface area contributed by atoms with Crippen LogP contribution in [-0.2, 0) is 59.4 Å². The number of esters is 3. The minimum absolute atomic E-state index is 0. The van der Waals surface area contributed by atoms with Crippen LogP contribution in [0, 0.1) is 12.8 Å². The van der Waals surface area contributed by atoms with Gasteiger partial charge in [0.2, 0.25) is 0 Å². The number of fused-ring (bicyclic) bond motifs is 1. The van der Waals surface area contributed by atoms with Gasteiger partial charge in [0.25, 0.3) is 10.1 Å². The van der Waals surface area contributed by atoms with Gasteiger partial charge in [-0.2, -0.15) is 8.42 Å². The van der Waals surface area contributed by atoms with Gasteiger partial charge in [0.15, 0.2) is 23.0 Å². The predicted octanol–water partition coefficient (Wildman–Crippen LogP) is 4.70. The summed E-state index contributed by atoms with van der Waals surface area (Å²) < 4.78 is 67.4. The Bertz CT molecular complexity index is 2180. The average molecular weight is 1000 g/mol. The fourth-order valence-electron chi connectivity index (χ4n) is 6.34. The van der Waals surface area contributed by atoms with E-state index in [0.717, 1.165) is 52.5 Å². The zero-order chi connectivity index (χ0) is 49.9. The van der Waals surface area contributed by atoms with Crippen LogP contribution < -0.4 is 15.1 Å². The number of phenolic OH excluding ortho intramolecular Hbond substituents is 3. The van der Waals surface area contributed by atoms with Crippen molar-refractivity contribution in [3.05, 3.63) is 51.9 Å². The monoisotopic (exact) mass is 1000 g/mol. The molecule has 2 aliphatic rings. The normalized spacial score (nSPS) is 14.0. The SMILES string of the molecule is C.C.CCOC(=O)CCC(C(C)=O)C(=O)OCC.CCOC(=O)CCc1c(C)c2cc(OCCN3CCOCC3)c(O)cc2oc1=O.CS(=O)(=O)O.Oc1ccc(OCCN2CCOCC2)c(O)c1. The highest BCUT2D eigenvalue weighted by molar-refractivity contribution is 7.85. The van der Waals surface area contributed by atoms with Crippen LogP contribution in [0.4, 0.5) is 0 Å². The number of aromatic hydroxyl groups is 3. The summed E-state index contributed by atoms with van der Waals surface area (Å²) in [5.41, 5.74) is 0.902. The summed E-state index contributed by atoms with van der Waals surface area (Å²) in [7, 11) is -3.67. The first-order chi connectivity index (χ1) is 31.8. The molecule has 0 spiro atoms. The lowest BCUT2D eigenvalue weighted by molar-refractivity contribution is -0.152. The Morgan fingerprint density at radius 1 is 0.739 bits per heavy atom. The smallest absolute Gasteiger partial charge is 0.339 e.